The highest BCUT2D eigenvalue weighted by Crippen LogP contribution is 2.30. The number of ether oxygens (including phenoxy) is 1. The molecule has 0 N–H and O–H groups in total. The van der Waals surface area contributed by atoms with E-state index >= 15 is 0 Å². The lowest BCUT2D eigenvalue weighted by molar-refractivity contribution is 0.0589. The molecule has 0 radical (unpaired) electrons. The minimum Gasteiger partial charge on any atom is -0.465 e. The predicted octanol–water partition coefficient (Wildman–Crippen LogP) is 3.35. The van der Waals surface area contributed by atoms with Crippen molar-refractivity contribution in [2.24, 2.45) is 0 Å². The molecule has 88 valence electrons. The molecule has 7 heteroatoms. The monoisotopic (exact) mass is 313 g/mol. The van der Waals surface area contributed by atoms with E-state index in [0.29, 0.717) is 11.0 Å². The highest BCUT2D eigenvalue weighted by atomic mass is 79.9. The number of halogens is 4. The van der Waals surface area contributed by atoms with Gasteiger partial charge in [0, 0.05) is 5.33 Å². The Labute approximate surface area is 104 Å². The fraction of sp³-hybridized carbons (Fsp3) is 0.333. The first-order valence-electron chi connectivity index (χ1n) is 4.13. The minimum atomic E-state index is -2.88. The quantitative estimate of drug-likeness (QED) is 0.488. The largest absolute Gasteiger partial charge is 0.465 e. The summed E-state index contributed by atoms with van der Waals surface area (Å²) in [5.74, 6) is -0.859. The lowest BCUT2D eigenvalue weighted by Gasteiger charge is -2.10. The number of pyridine rings is 1. The summed E-state index contributed by atoms with van der Waals surface area (Å²) in [6.45, 7) is 0. The van der Waals surface area contributed by atoms with Crippen LogP contribution in [0.25, 0.3) is 0 Å². The normalized spacial score (nSPS) is 10.6. The van der Waals surface area contributed by atoms with Gasteiger partial charge in [-0.2, -0.15) is 0 Å². The zero-order chi connectivity index (χ0) is 12.3. The molecule has 0 aliphatic rings. The number of carbonyl (C=O) groups excluding carboxylic acids is 1. The predicted molar refractivity (Wildman–Crippen MR) is 58.2 cm³/mol. The minimum absolute atomic E-state index is 0.257. The van der Waals surface area contributed by atoms with Crippen molar-refractivity contribution < 1.29 is 18.3 Å². The molecule has 0 bridgehead atoms. The van der Waals surface area contributed by atoms with Crippen molar-refractivity contribution in [3.63, 3.8) is 0 Å². The van der Waals surface area contributed by atoms with Gasteiger partial charge < -0.3 is 4.74 Å². The molecular formula is C9H7BrClF2NO2. The third-order valence-electron chi connectivity index (χ3n) is 1.83. The van der Waals surface area contributed by atoms with Gasteiger partial charge in [-0.25, -0.2) is 18.6 Å². The number of rotatable bonds is 3. The molecule has 0 amide bonds. The second-order valence-corrected chi connectivity index (χ2v) is 3.71. The maximum atomic E-state index is 12.7. The van der Waals surface area contributed by atoms with E-state index in [9.17, 15) is 13.6 Å². The van der Waals surface area contributed by atoms with Crippen molar-refractivity contribution in [2.75, 3.05) is 7.11 Å². The first-order valence-corrected chi connectivity index (χ1v) is 5.63. The zero-order valence-electron chi connectivity index (χ0n) is 8.14. The van der Waals surface area contributed by atoms with Gasteiger partial charge in [-0.1, -0.05) is 27.5 Å². The topological polar surface area (TPSA) is 39.2 Å². The Bertz CT molecular complexity index is 415. The lowest BCUT2D eigenvalue weighted by atomic mass is 10.1. The van der Waals surface area contributed by atoms with Crippen LogP contribution in [0.4, 0.5) is 8.78 Å². The summed E-state index contributed by atoms with van der Waals surface area (Å²) < 4.78 is 29.8. The van der Waals surface area contributed by atoms with Crippen LogP contribution in [0.5, 0.6) is 0 Å². The van der Waals surface area contributed by atoms with Crippen LogP contribution in [-0.4, -0.2) is 18.1 Å². The van der Waals surface area contributed by atoms with E-state index in [-0.39, 0.29) is 10.7 Å². The van der Waals surface area contributed by atoms with Crippen molar-refractivity contribution in [3.05, 3.63) is 28.0 Å². The molecule has 0 saturated heterocycles. The first-order chi connectivity index (χ1) is 7.51. The van der Waals surface area contributed by atoms with Crippen molar-refractivity contribution >= 4 is 33.5 Å². The van der Waals surface area contributed by atoms with Crippen molar-refractivity contribution in [1.29, 1.82) is 0 Å². The van der Waals surface area contributed by atoms with E-state index in [0.717, 1.165) is 7.11 Å². The van der Waals surface area contributed by atoms with E-state index in [1.165, 1.54) is 6.07 Å². The third-order valence-corrected chi connectivity index (χ3v) is 2.69. The summed E-state index contributed by atoms with van der Waals surface area (Å²) in [7, 11) is 1.11. The number of methoxy groups -OCH3 is 1. The smallest absolute Gasteiger partial charge is 0.338 e. The Morgan fingerprint density at radius 1 is 1.69 bits per heavy atom. The summed E-state index contributed by atoms with van der Waals surface area (Å²) in [6.07, 6.45) is -2.88. The second-order valence-electron chi connectivity index (χ2n) is 2.79. The Hall–Kier alpha value is -0.750. The SMILES string of the molecule is COC(=O)c1cc(CBr)nc(Cl)c1C(F)F. The van der Waals surface area contributed by atoms with Crippen LogP contribution >= 0.6 is 27.5 Å². The summed E-state index contributed by atoms with van der Waals surface area (Å²) in [5.41, 5.74) is -0.472. The van der Waals surface area contributed by atoms with Crippen molar-refractivity contribution in [2.45, 2.75) is 11.8 Å². The highest BCUT2D eigenvalue weighted by molar-refractivity contribution is 9.08. The maximum Gasteiger partial charge on any atom is 0.338 e. The molecule has 0 aromatic carbocycles. The Morgan fingerprint density at radius 2 is 2.31 bits per heavy atom. The molecule has 3 nitrogen and oxygen atoms in total. The van der Waals surface area contributed by atoms with Crippen LogP contribution < -0.4 is 0 Å². The van der Waals surface area contributed by atoms with Crippen LogP contribution in [0.3, 0.4) is 0 Å². The lowest BCUT2D eigenvalue weighted by Crippen LogP contribution is -2.09. The average molecular weight is 315 g/mol. The molecule has 1 heterocycles. The number of carbonyl (C=O) groups is 1. The van der Waals surface area contributed by atoms with Gasteiger partial charge in [-0.15, -0.1) is 0 Å². The average Bonchev–Trinajstić information content (AvgIpc) is 2.26. The van der Waals surface area contributed by atoms with E-state index in [1.807, 2.05) is 0 Å². The summed E-state index contributed by atoms with van der Waals surface area (Å²) in [5, 5.41) is -0.0763. The van der Waals surface area contributed by atoms with Gasteiger partial charge in [0.05, 0.1) is 23.9 Å². The van der Waals surface area contributed by atoms with Crippen LogP contribution in [-0.2, 0) is 10.1 Å². The molecule has 0 atom stereocenters. The number of esters is 1. The van der Waals surface area contributed by atoms with Gasteiger partial charge in [0.2, 0.25) is 0 Å². The summed E-state index contributed by atoms with van der Waals surface area (Å²) in [6, 6.07) is 1.23. The Morgan fingerprint density at radius 3 is 2.75 bits per heavy atom. The van der Waals surface area contributed by atoms with Crippen LogP contribution in [0.15, 0.2) is 6.07 Å². The molecule has 16 heavy (non-hydrogen) atoms. The summed E-state index contributed by atoms with van der Waals surface area (Å²) in [4.78, 5) is 15.0. The zero-order valence-corrected chi connectivity index (χ0v) is 10.5. The molecule has 0 saturated carbocycles. The molecule has 0 aliphatic heterocycles. The van der Waals surface area contributed by atoms with Crippen molar-refractivity contribution in [1.82, 2.24) is 4.98 Å². The van der Waals surface area contributed by atoms with Gasteiger partial charge in [0.25, 0.3) is 6.43 Å². The van der Waals surface area contributed by atoms with Crippen molar-refractivity contribution in [3.8, 4) is 0 Å². The van der Waals surface area contributed by atoms with Crippen LogP contribution in [0.2, 0.25) is 5.15 Å². The molecule has 0 fully saturated rings. The molecule has 1 aromatic heterocycles. The number of hydrogen-bond donors (Lipinski definition) is 0. The molecule has 1 aromatic rings. The Kier molecular flexibility index (Phi) is 4.61. The highest BCUT2D eigenvalue weighted by Gasteiger charge is 2.24. The maximum absolute atomic E-state index is 12.7. The number of alkyl halides is 3. The fourth-order valence-electron chi connectivity index (χ4n) is 1.13. The summed E-state index contributed by atoms with van der Waals surface area (Å²) >= 11 is 8.69. The number of hydrogen-bond acceptors (Lipinski definition) is 3. The standard InChI is InChI=1S/C9H7BrClF2NO2/c1-16-9(15)5-2-4(3-10)14-7(11)6(5)8(12)13/h2,8H,3H2,1H3. The first kappa shape index (κ1) is 13.3. The number of aromatic nitrogens is 1. The molecule has 1 rings (SSSR count). The van der Waals surface area contributed by atoms with Crippen LogP contribution in [0, 0.1) is 0 Å². The molecule has 0 spiro atoms. The van der Waals surface area contributed by atoms with Gasteiger partial charge in [-0.05, 0) is 6.07 Å². The van der Waals surface area contributed by atoms with Crippen LogP contribution in [0.1, 0.15) is 28.0 Å². The molecule has 0 unspecified atom stereocenters. The Balaban J connectivity index is 3.40. The van der Waals surface area contributed by atoms with E-state index in [4.69, 9.17) is 11.6 Å². The number of nitrogens with zero attached hydrogens (tertiary/aromatic N) is 1. The molecular weight excluding hydrogens is 307 g/mol. The van der Waals surface area contributed by atoms with Gasteiger partial charge >= 0.3 is 5.97 Å². The van der Waals surface area contributed by atoms with E-state index in [2.05, 4.69) is 25.7 Å². The van der Waals surface area contributed by atoms with Gasteiger partial charge in [0.1, 0.15) is 5.15 Å². The second kappa shape index (κ2) is 5.54. The third kappa shape index (κ3) is 2.68. The van der Waals surface area contributed by atoms with Gasteiger partial charge in [-0.3, -0.25) is 0 Å². The fourth-order valence-corrected chi connectivity index (χ4v) is 1.71. The van der Waals surface area contributed by atoms with E-state index < -0.39 is 18.0 Å². The van der Waals surface area contributed by atoms with E-state index in [1.54, 1.807) is 0 Å². The molecule has 0 aliphatic carbocycles. The van der Waals surface area contributed by atoms with Gasteiger partial charge in [0.15, 0.2) is 0 Å².